The largest absolute Gasteiger partial charge is 0.336 e. The van der Waals surface area contributed by atoms with Crippen molar-refractivity contribution in [3.63, 3.8) is 0 Å². The number of halogens is 1. The maximum Gasteiger partial charge on any atom is 0.237 e. The molecule has 0 amide bonds. The summed E-state index contributed by atoms with van der Waals surface area (Å²) in [6, 6.07) is 9.55. The molecule has 7 heteroatoms. The van der Waals surface area contributed by atoms with Crippen LogP contribution in [0.4, 0.5) is 10.1 Å². The van der Waals surface area contributed by atoms with Gasteiger partial charge in [-0.25, -0.2) is 12.8 Å². The van der Waals surface area contributed by atoms with E-state index >= 15 is 0 Å². The Hall–Kier alpha value is -2.41. The van der Waals surface area contributed by atoms with Gasteiger partial charge in [0.05, 0.1) is 28.0 Å². The highest BCUT2D eigenvalue weighted by Gasteiger charge is 2.29. The SMILES string of the molecule is CCc1cc2c(cc1F)cc(-c1ccc(NS(=O)(=O)C(C)(C)C)cn1)n2C1CCCCC1. The molecule has 0 bridgehead atoms. The van der Waals surface area contributed by atoms with E-state index in [2.05, 4.69) is 14.3 Å². The summed E-state index contributed by atoms with van der Waals surface area (Å²) in [4.78, 5) is 4.59. The van der Waals surface area contributed by atoms with Crippen LogP contribution >= 0.6 is 0 Å². The third-order valence-corrected chi connectivity index (χ3v) is 8.53. The summed E-state index contributed by atoms with van der Waals surface area (Å²) in [7, 11) is -3.52. The lowest BCUT2D eigenvalue weighted by molar-refractivity contribution is 0.363. The number of rotatable bonds is 5. The van der Waals surface area contributed by atoms with Crippen molar-refractivity contribution >= 4 is 26.6 Å². The van der Waals surface area contributed by atoms with Crippen molar-refractivity contribution in [3.8, 4) is 11.4 Å². The topological polar surface area (TPSA) is 64.0 Å². The van der Waals surface area contributed by atoms with Crippen LogP contribution in [0.25, 0.3) is 22.3 Å². The Bertz CT molecular complexity index is 1220. The van der Waals surface area contributed by atoms with E-state index in [0.29, 0.717) is 18.2 Å². The van der Waals surface area contributed by atoms with Gasteiger partial charge in [-0.3, -0.25) is 9.71 Å². The second-order valence-corrected chi connectivity index (χ2v) is 12.1. The molecule has 5 nitrogen and oxygen atoms in total. The normalized spacial score (nSPS) is 15.9. The van der Waals surface area contributed by atoms with Crippen LogP contribution < -0.4 is 4.72 Å². The summed E-state index contributed by atoms with van der Waals surface area (Å²) in [5.41, 5.74) is 3.90. The number of benzene rings is 1. The van der Waals surface area contributed by atoms with Gasteiger partial charge in [-0.15, -0.1) is 0 Å². The van der Waals surface area contributed by atoms with Crippen LogP contribution in [0, 0.1) is 5.82 Å². The summed E-state index contributed by atoms with van der Waals surface area (Å²) in [5, 5.41) is 0.875. The summed E-state index contributed by atoms with van der Waals surface area (Å²) in [5.74, 6) is -0.174. The molecular weight excluding hydrogens is 425 g/mol. The van der Waals surface area contributed by atoms with Crippen molar-refractivity contribution in [2.45, 2.75) is 77.0 Å². The van der Waals surface area contributed by atoms with Crippen LogP contribution in [0.15, 0.2) is 36.5 Å². The Kier molecular flexibility index (Phi) is 6.05. The number of nitrogens with zero attached hydrogens (tertiary/aromatic N) is 2. The Morgan fingerprint density at radius 3 is 2.44 bits per heavy atom. The number of aryl methyl sites for hydroxylation is 1. The van der Waals surface area contributed by atoms with Gasteiger partial charge in [-0.05, 0) is 75.9 Å². The van der Waals surface area contributed by atoms with E-state index in [1.807, 2.05) is 25.1 Å². The fourth-order valence-corrected chi connectivity index (χ4v) is 5.14. The number of anilines is 1. The van der Waals surface area contributed by atoms with Gasteiger partial charge < -0.3 is 4.57 Å². The van der Waals surface area contributed by atoms with Crippen LogP contribution in [-0.2, 0) is 16.4 Å². The molecule has 172 valence electrons. The fourth-order valence-electron chi connectivity index (χ4n) is 4.41. The molecule has 0 saturated heterocycles. The lowest BCUT2D eigenvalue weighted by Crippen LogP contribution is -2.33. The number of sulfonamides is 1. The summed E-state index contributed by atoms with van der Waals surface area (Å²) in [6.45, 7) is 6.94. The predicted octanol–water partition coefficient (Wildman–Crippen LogP) is 6.45. The standard InChI is InChI=1S/C25H32FN3O2S/c1-5-17-14-23-18(13-21(17)26)15-24(29(23)20-9-7-6-8-10-20)22-12-11-19(16-27-22)28-32(30,31)25(2,3)4/h11-16,20,28H,5-10H2,1-4H3. The van der Waals surface area contributed by atoms with E-state index in [-0.39, 0.29) is 5.82 Å². The average Bonchev–Trinajstić information content (AvgIpc) is 3.11. The van der Waals surface area contributed by atoms with Crippen molar-refractivity contribution in [1.29, 1.82) is 0 Å². The maximum atomic E-state index is 14.5. The third kappa shape index (κ3) is 4.27. The zero-order valence-corrected chi connectivity index (χ0v) is 20.1. The van der Waals surface area contributed by atoms with Gasteiger partial charge in [-0.2, -0.15) is 0 Å². The molecule has 3 aromatic rings. The van der Waals surface area contributed by atoms with Gasteiger partial charge in [0.2, 0.25) is 10.0 Å². The van der Waals surface area contributed by atoms with E-state index < -0.39 is 14.8 Å². The van der Waals surface area contributed by atoms with Crippen molar-refractivity contribution in [2.75, 3.05) is 4.72 Å². The number of aromatic nitrogens is 2. The van der Waals surface area contributed by atoms with E-state index in [1.54, 1.807) is 39.1 Å². The first kappa shape index (κ1) is 22.8. The number of pyridine rings is 1. The van der Waals surface area contributed by atoms with Crippen LogP contribution in [0.5, 0.6) is 0 Å². The molecule has 0 aliphatic heterocycles. The molecule has 1 fully saturated rings. The van der Waals surface area contributed by atoms with E-state index in [9.17, 15) is 12.8 Å². The van der Waals surface area contributed by atoms with E-state index in [4.69, 9.17) is 0 Å². The predicted molar refractivity (Wildman–Crippen MR) is 129 cm³/mol. The van der Waals surface area contributed by atoms with Gasteiger partial charge >= 0.3 is 0 Å². The van der Waals surface area contributed by atoms with Gasteiger partial charge in [0.15, 0.2) is 0 Å². The number of nitrogens with one attached hydrogen (secondary N) is 1. The van der Waals surface area contributed by atoms with Gasteiger partial charge in [-0.1, -0.05) is 26.2 Å². The second kappa shape index (κ2) is 8.50. The minimum atomic E-state index is -3.52. The number of hydrogen-bond donors (Lipinski definition) is 1. The Balaban J connectivity index is 1.78. The molecule has 32 heavy (non-hydrogen) atoms. The zero-order chi connectivity index (χ0) is 23.1. The molecule has 0 spiro atoms. The Morgan fingerprint density at radius 2 is 1.84 bits per heavy atom. The minimum Gasteiger partial charge on any atom is -0.336 e. The molecular formula is C25H32FN3O2S. The second-order valence-electron chi connectivity index (χ2n) is 9.70. The Labute approximate surface area is 190 Å². The maximum absolute atomic E-state index is 14.5. The molecule has 1 aromatic carbocycles. The molecule has 2 heterocycles. The molecule has 4 rings (SSSR count). The monoisotopic (exact) mass is 457 g/mol. The van der Waals surface area contributed by atoms with Crippen molar-refractivity contribution in [3.05, 3.63) is 47.9 Å². The third-order valence-electron chi connectivity index (χ3n) is 6.41. The first-order valence-corrected chi connectivity index (χ1v) is 12.9. The summed E-state index contributed by atoms with van der Waals surface area (Å²) >= 11 is 0. The molecule has 2 aromatic heterocycles. The van der Waals surface area contributed by atoms with Crippen LogP contribution in [-0.4, -0.2) is 22.7 Å². The van der Waals surface area contributed by atoms with Crippen molar-refractivity contribution < 1.29 is 12.8 Å². The smallest absolute Gasteiger partial charge is 0.237 e. The van der Waals surface area contributed by atoms with E-state index in [1.165, 1.54) is 19.3 Å². The summed E-state index contributed by atoms with van der Waals surface area (Å²) in [6.07, 6.45) is 8.02. The highest BCUT2D eigenvalue weighted by atomic mass is 32.2. The molecule has 1 saturated carbocycles. The zero-order valence-electron chi connectivity index (χ0n) is 19.3. The van der Waals surface area contributed by atoms with Crippen molar-refractivity contribution in [2.24, 2.45) is 0 Å². The molecule has 1 aliphatic rings. The van der Waals surface area contributed by atoms with Crippen molar-refractivity contribution in [1.82, 2.24) is 9.55 Å². The highest BCUT2D eigenvalue weighted by molar-refractivity contribution is 7.94. The van der Waals surface area contributed by atoms with E-state index in [0.717, 1.165) is 40.7 Å². The fraction of sp³-hybridized carbons (Fsp3) is 0.480. The number of hydrogen-bond acceptors (Lipinski definition) is 3. The van der Waals surface area contributed by atoms with Gasteiger partial charge in [0.1, 0.15) is 5.82 Å². The molecule has 1 aliphatic carbocycles. The number of fused-ring (bicyclic) bond motifs is 1. The first-order valence-electron chi connectivity index (χ1n) is 11.4. The minimum absolute atomic E-state index is 0.174. The lowest BCUT2D eigenvalue weighted by atomic mass is 9.95. The summed E-state index contributed by atoms with van der Waals surface area (Å²) < 4.78 is 43.5. The molecule has 1 N–H and O–H groups in total. The molecule has 0 atom stereocenters. The quantitative estimate of drug-likeness (QED) is 0.479. The van der Waals surface area contributed by atoms with Gasteiger partial charge in [0, 0.05) is 16.9 Å². The first-order chi connectivity index (χ1) is 15.1. The Morgan fingerprint density at radius 1 is 1.12 bits per heavy atom. The van der Waals surface area contributed by atoms with Gasteiger partial charge in [0.25, 0.3) is 0 Å². The average molecular weight is 458 g/mol. The van der Waals surface area contributed by atoms with Crippen LogP contribution in [0.3, 0.4) is 0 Å². The van der Waals surface area contributed by atoms with Crippen LogP contribution in [0.1, 0.15) is 71.4 Å². The molecule has 0 radical (unpaired) electrons. The van der Waals surface area contributed by atoms with Crippen LogP contribution in [0.2, 0.25) is 0 Å². The lowest BCUT2D eigenvalue weighted by Gasteiger charge is -2.26. The highest BCUT2D eigenvalue weighted by Crippen LogP contribution is 2.38. The molecule has 0 unspecified atom stereocenters.